The topological polar surface area (TPSA) is 75.7 Å². The highest BCUT2D eigenvalue weighted by Crippen LogP contribution is 2.37. The van der Waals surface area contributed by atoms with E-state index in [1.165, 1.54) is 28.6 Å². The van der Waals surface area contributed by atoms with Crippen LogP contribution in [0, 0.1) is 0 Å². The van der Waals surface area contributed by atoms with E-state index in [0.29, 0.717) is 33.8 Å². The molecule has 0 aromatic heterocycles. The number of fused-ring (bicyclic) bond motifs is 1. The number of halogens is 2. The lowest BCUT2D eigenvalue weighted by atomic mass is 10.2. The summed E-state index contributed by atoms with van der Waals surface area (Å²) >= 11 is 13.4. The third kappa shape index (κ3) is 5.58. The minimum atomic E-state index is -3.92. The summed E-state index contributed by atoms with van der Waals surface area (Å²) in [5, 5.41) is 3.94. The third-order valence-corrected chi connectivity index (χ3v) is 8.22. The lowest BCUT2D eigenvalue weighted by molar-refractivity contribution is -0.127. The van der Waals surface area contributed by atoms with Gasteiger partial charge in [-0.25, -0.2) is 8.42 Å². The molecule has 0 radical (unpaired) electrons. The fourth-order valence-corrected chi connectivity index (χ4v) is 5.78. The number of anilines is 1. The number of ether oxygens (including phenoxy) is 1. The molecule has 1 heterocycles. The quantitative estimate of drug-likeness (QED) is 0.354. The van der Waals surface area contributed by atoms with Crippen molar-refractivity contribution < 1.29 is 17.9 Å². The number of rotatable bonds is 7. The second-order valence-electron chi connectivity index (χ2n) is 7.16. The zero-order chi connectivity index (χ0) is 23.4. The molecule has 0 bridgehead atoms. The van der Waals surface area contributed by atoms with Crippen LogP contribution >= 0.6 is 35.0 Å². The number of para-hydroxylation sites is 2. The first-order valence-electron chi connectivity index (χ1n) is 10.0. The lowest BCUT2D eigenvalue weighted by Crippen LogP contribution is -2.51. The molecule has 33 heavy (non-hydrogen) atoms. The molecule has 172 valence electrons. The number of carbonyl (C=O) groups is 1. The van der Waals surface area contributed by atoms with Crippen LogP contribution < -0.4 is 14.4 Å². The highest BCUT2D eigenvalue weighted by Gasteiger charge is 2.37. The van der Waals surface area contributed by atoms with Crippen molar-refractivity contribution in [2.45, 2.75) is 15.9 Å². The van der Waals surface area contributed by atoms with Crippen molar-refractivity contribution in [2.75, 3.05) is 23.1 Å². The largest absolute Gasteiger partial charge is 0.476 e. The van der Waals surface area contributed by atoms with Gasteiger partial charge in [-0.3, -0.25) is 9.10 Å². The summed E-state index contributed by atoms with van der Waals surface area (Å²) in [5.74, 6) is 0.596. The van der Waals surface area contributed by atoms with E-state index < -0.39 is 16.1 Å². The average Bonchev–Trinajstić information content (AvgIpc) is 2.82. The molecule has 0 aliphatic carbocycles. The van der Waals surface area contributed by atoms with Crippen molar-refractivity contribution in [1.82, 2.24) is 5.32 Å². The Morgan fingerprint density at radius 1 is 1.00 bits per heavy atom. The highest BCUT2D eigenvalue weighted by molar-refractivity contribution is 7.99. The molecule has 0 saturated carbocycles. The summed E-state index contributed by atoms with van der Waals surface area (Å²) < 4.78 is 33.8. The molecule has 0 spiro atoms. The molecule has 0 saturated heterocycles. The number of hydrogen-bond acceptors (Lipinski definition) is 5. The van der Waals surface area contributed by atoms with E-state index in [4.69, 9.17) is 27.9 Å². The van der Waals surface area contributed by atoms with Crippen LogP contribution in [0.2, 0.25) is 10.0 Å². The van der Waals surface area contributed by atoms with E-state index in [0.717, 1.165) is 4.90 Å². The van der Waals surface area contributed by atoms with Gasteiger partial charge in [-0.1, -0.05) is 35.3 Å². The van der Waals surface area contributed by atoms with Crippen LogP contribution in [0.5, 0.6) is 5.75 Å². The molecule has 1 amide bonds. The molecule has 1 aliphatic rings. The molecular formula is C23H20Cl2N2O4S2. The van der Waals surface area contributed by atoms with Crippen LogP contribution in [0.15, 0.2) is 82.6 Å². The Labute approximate surface area is 206 Å². The highest BCUT2D eigenvalue weighted by atomic mass is 35.5. The number of hydrogen-bond donors (Lipinski definition) is 1. The maximum absolute atomic E-state index is 13.4. The van der Waals surface area contributed by atoms with Crippen molar-refractivity contribution in [1.29, 1.82) is 0 Å². The van der Waals surface area contributed by atoms with E-state index in [1.54, 1.807) is 36.0 Å². The van der Waals surface area contributed by atoms with Crippen LogP contribution in [-0.2, 0) is 14.8 Å². The fourth-order valence-electron chi connectivity index (χ4n) is 3.29. The summed E-state index contributed by atoms with van der Waals surface area (Å²) in [4.78, 5) is 13.9. The van der Waals surface area contributed by atoms with Gasteiger partial charge < -0.3 is 10.1 Å². The van der Waals surface area contributed by atoms with Crippen molar-refractivity contribution in [3.8, 4) is 5.75 Å². The molecule has 1 aliphatic heterocycles. The van der Waals surface area contributed by atoms with Gasteiger partial charge in [0.05, 0.1) is 17.1 Å². The summed E-state index contributed by atoms with van der Waals surface area (Å²) in [6.07, 6.45) is -0.984. The Balaban J connectivity index is 1.46. The van der Waals surface area contributed by atoms with Gasteiger partial charge in [-0.15, -0.1) is 11.8 Å². The average molecular weight is 523 g/mol. The Hall–Kier alpha value is -2.39. The summed E-state index contributed by atoms with van der Waals surface area (Å²) in [6, 6.07) is 20.1. The van der Waals surface area contributed by atoms with Gasteiger partial charge >= 0.3 is 0 Å². The first kappa shape index (κ1) is 23.8. The number of carbonyl (C=O) groups excluding carboxylic acids is 1. The maximum atomic E-state index is 13.4. The summed E-state index contributed by atoms with van der Waals surface area (Å²) in [5.41, 5.74) is 0.384. The molecule has 6 nitrogen and oxygen atoms in total. The molecule has 1 atom stereocenters. The van der Waals surface area contributed by atoms with Crippen molar-refractivity contribution >= 4 is 56.6 Å². The number of benzene rings is 3. The zero-order valence-corrected chi connectivity index (χ0v) is 20.4. The molecule has 10 heteroatoms. The number of nitrogens with zero attached hydrogens (tertiary/aromatic N) is 1. The van der Waals surface area contributed by atoms with Crippen molar-refractivity contribution in [3.05, 3.63) is 82.8 Å². The molecule has 3 aromatic carbocycles. The third-order valence-electron chi connectivity index (χ3n) is 4.91. The van der Waals surface area contributed by atoms with Crippen molar-refractivity contribution in [2.24, 2.45) is 0 Å². The van der Waals surface area contributed by atoms with Gasteiger partial charge in [-0.05, 0) is 60.7 Å². The number of sulfonamides is 1. The summed E-state index contributed by atoms with van der Waals surface area (Å²) in [7, 11) is -3.92. The molecule has 1 N–H and O–H groups in total. The molecule has 1 unspecified atom stereocenters. The lowest BCUT2D eigenvalue weighted by Gasteiger charge is -2.34. The van der Waals surface area contributed by atoms with Gasteiger partial charge in [0.25, 0.3) is 15.9 Å². The van der Waals surface area contributed by atoms with Gasteiger partial charge in [0.2, 0.25) is 0 Å². The van der Waals surface area contributed by atoms with E-state index in [9.17, 15) is 13.2 Å². The first-order chi connectivity index (χ1) is 15.8. The minimum Gasteiger partial charge on any atom is -0.476 e. The standard InChI is InChI=1S/C23H20Cl2N2O4S2/c24-16-5-9-18(10-6-16)32-14-13-26-23(28)22-15-27(20-3-1-2-4-21(20)31-22)33(29,30)19-11-7-17(25)8-12-19/h1-12,22H,13-15H2,(H,26,28). The molecular weight excluding hydrogens is 503 g/mol. The molecule has 0 fully saturated rings. The predicted molar refractivity (Wildman–Crippen MR) is 132 cm³/mol. The smallest absolute Gasteiger partial charge is 0.264 e. The number of amides is 1. The van der Waals surface area contributed by atoms with Gasteiger partial charge in [0, 0.05) is 27.2 Å². The monoisotopic (exact) mass is 522 g/mol. The SMILES string of the molecule is O=C(NCCSc1ccc(Cl)cc1)C1CN(S(=O)(=O)c2ccc(Cl)cc2)c2ccccc2O1. The van der Waals surface area contributed by atoms with Crippen molar-refractivity contribution in [3.63, 3.8) is 0 Å². The normalized spacial score (nSPS) is 15.5. The van der Waals surface area contributed by atoms with Crippen LogP contribution in [-0.4, -0.2) is 39.3 Å². The van der Waals surface area contributed by atoms with Gasteiger partial charge in [0.1, 0.15) is 5.75 Å². The summed E-state index contributed by atoms with van der Waals surface area (Å²) in [6.45, 7) is 0.260. The van der Waals surface area contributed by atoms with E-state index >= 15 is 0 Å². The van der Waals surface area contributed by atoms with E-state index in [-0.39, 0.29) is 17.3 Å². The predicted octanol–water partition coefficient (Wildman–Crippen LogP) is 4.86. The molecule has 3 aromatic rings. The van der Waals surface area contributed by atoms with Crippen LogP contribution in [0.1, 0.15) is 0 Å². The maximum Gasteiger partial charge on any atom is 0.264 e. The Morgan fingerprint density at radius 3 is 2.33 bits per heavy atom. The van der Waals surface area contributed by atoms with E-state index in [1.807, 2.05) is 24.3 Å². The molecule has 4 rings (SSSR count). The Bertz CT molecular complexity index is 1240. The Kier molecular flexibility index (Phi) is 7.38. The minimum absolute atomic E-state index is 0.0853. The van der Waals surface area contributed by atoms with Gasteiger partial charge in [0.15, 0.2) is 6.10 Å². The second-order valence-corrected chi connectivity index (χ2v) is 11.1. The Morgan fingerprint density at radius 2 is 1.64 bits per heavy atom. The number of nitrogens with one attached hydrogen (secondary N) is 1. The van der Waals surface area contributed by atoms with E-state index in [2.05, 4.69) is 5.32 Å². The number of thioether (sulfide) groups is 1. The zero-order valence-electron chi connectivity index (χ0n) is 17.3. The van der Waals surface area contributed by atoms with Crippen LogP contribution in [0.3, 0.4) is 0 Å². The van der Waals surface area contributed by atoms with Gasteiger partial charge in [-0.2, -0.15) is 0 Å². The van der Waals surface area contributed by atoms with Crippen LogP contribution in [0.4, 0.5) is 5.69 Å². The second kappa shape index (κ2) is 10.3. The van der Waals surface area contributed by atoms with Crippen LogP contribution in [0.25, 0.3) is 0 Å². The first-order valence-corrected chi connectivity index (χ1v) is 13.2. The fraction of sp³-hybridized carbons (Fsp3) is 0.174.